The van der Waals surface area contributed by atoms with Gasteiger partial charge >= 0.3 is 0 Å². The number of aliphatic hydroxyl groups is 1. The van der Waals surface area contributed by atoms with E-state index in [1.54, 1.807) is 50.1 Å². The van der Waals surface area contributed by atoms with Gasteiger partial charge in [-0.1, -0.05) is 18.7 Å². The third-order valence-corrected chi connectivity index (χ3v) is 8.26. The maximum absolute atomic E-state index is 16.2. The second-order valence-corrected chi connectivity index (χ2v) is 11.5. The van der Waals surface area contributed by atoms with Gasteiger partial charge in [0.05, 0.1) is 23.9 Å². The van der Waals surface area contributed by atoms with Crippen molar-refractivity contribution in [2.75, 3.05) is 25.5 Å². The number of rotatable bonds is 8. The number of carbonyl (C=O) groups is 1. The Hall–Kier alpha value is -4.02. The predicted octanol–water partition coefficient (Wildman–Crippen LogP) is 6.34. The summed E-state index contributed by atoms with van der Waals surface area (Å²) in [5.74, 6) is 0.792. The van der Waals surface area contributed by atoms with Crippen LogP contribution in [0.3, 0.4) is 0 Å². The van der Waals surface area contributed by atoms with Crippen molar-refractivity contribution < 1.29 is 23.8 Å². The summed E-state index contributed by atoms with van der Waals surface area (Å²) in [7, 11) is 1.56. The molecule has 0 atom stereocenters. The van der Waals surface area contributed by atoms with Crippen LogP contribution in [0.25, 0.3) is 21.3 Å². The normalized spacial score (nSPS) is 14.2. The molecule has 1 fully saturated rings. The number of piperidine rings is 1. The van der Waals surface area contributed by atoms with Crippen LogP contribution in [0.1, 0.15) is 37.8 Å². The third-order valence-electron chi connectivity index (χ3n) is 7.18. The summed E-state index contributed by atoms with van der Waals surface area (Å²) in [6, 6.07) is 8.91. The Morgan fingerprint density at radius 1 is 1.22 bits per heavy atom. The van der Waals surface area contributed by atoms with Gasteiger partial charge in [0.1, 0.15) is 18.2 Å². The van der Waals surface area contributed by atoms with Crippen molar-refractivity contribution in [2.24, 2.45) is 0 Å². The van der Waals surface area contributed by atoms with E-state index in [1.807, 2.05) is 18.4 Å². The molecule has 1 amide bonds. The van der Waals surface area contributed by atoms with Crippen LogP contribution in [0.5, 0.6) is 11.5 Å². The summed E-state index contributed by atoms with van der Waals surface area (Å²) in [4.78, 5) is 23.3. The number of aryl methyl sites for hydroxylation is 1. The molecule has 4 aromatic rings. The highest BCUT2D eigenvalue weighted by molar-refractivity contribution is 7.13. The largest absolute Gasteiger partial charge is 0.493 e. The number of fused-ring (bicyclic) bond motifs is 1. The number of anilines is 2. The maximum Gasteiger partial charge on any atom is 0.245 e. The number of likely N-dealkylation sites (tertiary alicyclic amines) is 1. The lowest BCUT2D eigenvalue weighted by Crippen LogP contribution is -2.41. The molecule has 214 valence electrons. The Morgan fingerprint density at radius 2 is 1.98 bits per heavy atom. The minimum atomic E-state index is -1.32. The highest BCUT2D eigenvalue weighted by Crippen LogP contribution is 2.41. The van der Waals surface area contributed by atoms with E-state index in [-0.39, 0.29) is 17.7 Å². The molecular weight excluding hydrogens is 543 g/mol. The van der Waals surface area contributed by atoms with Gasteiger partial charge < -0.3 is 24.8 Å². The molecule has 3 heterocycles. The molecule has 10 heteroatoms. The van der Waals surface area contributed by atoms with E-state index in [2.05, 4.69) is 21.9 Å². The van der Waals surface area contributed by atoms with Gasteiger partial charge in [0.15, 0.2) is 17.3 Å². The van der Waals surface area contributed by atoms with Crippen molar-refractivity contribution in [1.29, 1.82) is 0 Å². The van der Waals surface area contributed by atoms with Crippen LogP contribution >= 0.6 is 11.3 Å². The molecule has 0 bridgehead atoms. The number of aromatic nitrogens is 2. The number of methoxy groups -OCH3 is 1. The van der Waals surface area contributed by atoms with Crippen LogP contribution < -0.4 is 14.8 Å². The number of carbonyl (C=O) groups excluding carboxylic acids is 1. The number of halogens is 1. The topological polar surface area (TPSA) is 96.8 Å². The summed E-state index contributed by atoms with van der Waals surface area (Å²) in [5, 5.41) is 16.7. The zero-order valence-corrected chi connectivity index (χ0v) is 24.3. The van der Waals surface area contributed by atoms with Gasteiger partial charge in [-0.25, -0.2) is 14.4 Å². The third kappa shape index (κ3) is 5.89. The van der Waals surface area contributed by atoms with E-state index in [0.29, 0.717) is 65.3 Å². The minimum absolute atomic E-state index is 0.0875. The first-order valence-corrected chi connectivity index (χ1v) is 14.3. The van der Waals surface area contributed by atoms with Gasteiger partial charge in [-0.15, -0.1) is 11.3 Å². The fraction of sp³-hybridized carbons (Fsp3) is 0.323. The number of thiophene rings is 1. The zero-order chi connectivity index (χ0) is 29.3. The van der Waals surface area contributed by atoms with Gasteiger partial charge in [0.2, 0.25) is 5.91 Å². The number of benzene rings is 2. The van der Waals surface area contributed by atoms with Gasteiger partial charge in [0, 0.05) is 53.4 Å². The SMILES string of the molecule is C=CC(=O)N1CCC(Oc2cc3c(Nc4c(C(C)(C)O)ccc(-c5cc(C)cs5)c4F)ncnc3cc2OC)CC1. The first-order valence-electron chi connectivity index (χ1n) is 13.4. The van der Waals surface area contributed by atoms with Gasteiger partial charge in [0.25, 0.3) is 0 Å². The molecule has 0 unspecified atom stereocenters. The van der Waals surface area contributed by atoms with Crippen LogP contribution in [-0.2, 0) is 10.4 Å². The Kier molecular flexibility index (Phi) is 7.97. The van der Waals surface area contributed by atoms with Crippen molar-refractivity contribution in [3.63, 3.8) is 0 Å². The van der Waals surface area contributed by atoms with E-state index in [9.17, 15) is 9.90 Å². The summed E-state index contributed by atoms with van der Waals surface area (Å²) in [6.07, 6.45) is 3.91. The summed E-state index contributed by atoms with van der Waals surface area (Å²) < 4.78 is 28.1. The van der Waals surface area contributed by atoms with Crippen molar-refractivity contribution in [3.8, 4) is 21.9 Å². The second-order valence-electron chi connectivity index (χ2n) is 10.6. The number of nitrogens with zero attached hydrogens (tertiary/aromatic N) is 3. The van der Waals surface area contributed by atoms with Crippen LogP contribution in [-0.4, -0.2) is 52.2 Å². The lowest BCUT2D eigenvalue weighted by atomic mass is 9.94. The lowest BCUT2D eigenvalue weighted by Gasteiger charge is -2.31. The predicted molar refractivity (Wildman–Crippen MR) is 159 cm³/mol. The molecule has 2 N–H and O–H groups in total. The summed E-state index contributed by atoms with van der Waals surface area (Å²) in [6.45, 7) is 9.90. The average molecular weight is 577 g/mol. The Labute approximate surface area is 242 Å². The molecular formula is C31H33FN4O4S. The molecule has 1 saturated heterocycles. The maximum atomic E-state index is 16.2. The van der Waals surface area contributed by atoms with Gasteiger partial charge in [-0.2, -0.15) is 0 Å². The van der Waals surface area contributed by atoms with E-state index >= 15 is 4.39 Å². The Balaban J connectivity index is 1.53. The molecule has 8 nitrogen and oxygen atoms in total. The molecule has 0 aliphatic carbocycles. The van der Waals surface area contributed by atoms with E-state index in [1.165, 1.54) is 23.7 Å². The van der Waals surface area contributed by atoms with Crippen LogP contribution in [0.4, 0.5) is 15.9 Å². The van der Waals surface area contributed by atoms with E-state index < -0.39 is 11.4 Å². The first-order chi connectivity index (χ1) is 19.6. The molecule has 2 aromatic carbocycles. The Bertz CT molecular complexity index is 1610. The molecule has 5 rings (SSSR count). The molecule has 1 aliphatic heterocycles. The molecule has 0 spiro atoms. The number of amides is 1. The van der Waals surface area contributed by atoms with Crippen molar-refractivity contribution in [1.82, 2.24) is 14.9 Å². The van der Waals surface area contributed by atoms with Crippen molar-refractivity contribution >= 4 is 39.7 Å². The molecule has 0 saturated carbocycles. The van der Waals surface area contributed by atoms with Gasteiger partial charge in [-0.3, -0.25) is 4.79 Å². The van der Waals surface area contributed by atoms with Crippen LogP contribution in [0.2, 0.25) is 0 Å². The first kappa shape index (κ1) is 28.5. The summed E-state index contributed by atoms with van der Waals surface area (Å²) in [5.41, 5.74) is 1.27. The highest BCUT2D eigenvalue weighted by atomic mass is 32.1. The summed E-state index contributed by atoms with van der Waals surface area (Å²) >= 11 is 1.46. The fourth-order valence-electron chi connectivity index (χ4n) is 5.01. The van der Waals surface area contributed by atoms with Gasteiger partial charge in [-0.05, 0) is 49.9 Å². The molecule has 1 aliphatic rings. The fourth-order valence-corrected chi connectivity index (χ4v) is 5.93. The van der Waals surface area contributed by atoms with Crippen molar-refractivity contribution in [3.05, 3.63) is 71.6 Å². The Morgan fingerprint density at radius 3 is 2.61 bits per heavy atom. The number of hydrogen-bond acceptors (Lipinski definition) is 8. The molecule has 0 radical (unpaired) electrons. The monoisotopic (exact) mass is 576 g/mol. The highest BCUT2D eigenvalue weighted by Gasteiger charge is 2.27. The smallest absolute Gasteiger partial charge is 0.245 e. The average Bonchev–Trinajstić information content (AvgIpc) is 3.39. The number of nitrogens with one attached hydrogen (secondary N) is 1. The number of ether oxygens (including phenoxy) is 2. The molecule has 2 aromatic heterocycles. The zero-order valence-electron chi connectivity index (χ0n) is 23.5. The quantitative estimate of drug-likeness (QED) is 0.236. The van der Waals surface area contributed by atoms with Crippen LogP contribution in [0.15, 0.2) is 54.7 Å². The minimum Gasteiger partial charge on any atom is -0.493 e. The van der Waals surface area contributed by atoms with E-state index in [4.69, 9.17) is 9.47 Å². The lowest BCUT2D eigenvalue weighted by molar-refractivity contribution is -0.127. The van der Waals surface area contributed by atoms with Crippen LogP contribution in [0, 0.1) is 12.7 Å². The number of hydrogen-bond donors (Lipinski definition) is 2. The van der Waals surface area contributed by atoms with Crippen molar-refractivity contribution in [2.45, 2.75) is 45.3 Å². The second kappa shape index (κ2) is 11.5. The standard InChI is InChI=1S/C31H33FN4O4S/c1-6-27(37)36-11-9-19(10-12-36)40-25-14-21-23(15-24(25)39-5)33-17-34-30(21)35-29-22(31(3,4)38)8-7-20(28(29)32)26-13-18(2)16-41-26/h6-8,13-17,19,38H,1,9-12H2,2-5H3,(H,33,34,35). The molecule has 41 heavy (non-hydrogen) atoms. The van der Waals surface area contributed by atoms with E-state index in [0.717, 1.165) is 10.4 Å².